The van der Waals surface area contributed by atoms with E-state index in [0.717, 1.165) is 23.4 Å². The highest BCUT2D eigenvalue weighted by molar-refractivity contribution is 7.13. The zero-order valence-corrected chi connectivity index (χ0v) is 12.1. The summed E-state index contributed by atoms with van der Waals surface area (Å²) in [4.78, 5) is 16.6. The van der Waals surface area contributed by atoms with Crippen molar-refractivity contribution in [2.24, 2.45) is 11.7 Å². The predicted molar refractivity (Wildman–Crippen MR) is 77.5 cm³/mol. The van der Waals surface area contributed by atoms with Gasteiger partial charge < -0.3 is 15.5 Å². The molecular weight excluding hydrogens is 274 g/mol. The Bertz CT molecular complexity index is 604. The summed E-state index contributed by atoms with van der Waals surface area (Å²) >= 11 is 1.43. The third kappa shape index (κ3) is 2.48. The summed E-state index contributed by atoms with van der Waals surface area (Å²) in [5, 5.41) is 5.58. The molecule has 3 rings (SSSR count). The summed E-state index contributed by atoms with van der Waals surface area (Å²) in [6, 6.07) is 1.83. The van der Waals surface area contributed by atoms with Crippen LogP contribution in [0.5, 0.6) is 0 Å². The normalized spacial score (nSPS) is 17.7. The minimum atomic E-state index is -0.323. The Hall–Kier alpha value is -1.66. The summed E-state index contributed by atoms with van der Waals surface area (Å²) in [5.74, 6) is 0.333. The molecule has 0 radical (unpaired) electrons. The van der Waals surface area contributed by atoms with Gasteiger partial charge in [-0.25, -0.2) is 4.98 Å². The van der Waals surface area contributed by atoms with Gasteiger partial charge in [-0.15, -0.1) is 11.3 Å². The largest absolute Gasteiger partial charge is 0.472 e. The van der Waals surface area contributed by atoms with Crippen LogP contribution in [0.25, 0.3) is 10.6 Å². The molecule has 0 bridgehead atoms. The molecule has 1 unspecified atom stereocenters. The number of carbonyl (C=O) groups excluding carboxylic acids is 1. The zero-order valence-electron chi connectivity index (χ0n) is 11.3. The third-order valence-corrected chi connectivity index (χ3v) is 4.70. The van der Waals surface area contributed by atoms with Gasteiger partial charge in [0.2, 0.25) is 0 Å². The van der Waals surface area contributed by atoms with Gasteiger partial charge in [0, 0.05) is 17.5 Å². The number of furan rings is 1. The fourth-order valence-corrected chi connectivity index (χ4v) is 3.05. The topological polar surface area (TPSA) is 81.1 Å². The van der Waals surface area contributed by atoms with Crippen LogP contribution < -0.4 is 11.1 Å². The maximum Gasteiger partial charge on any atom is 0.271 e. The van der Waals surface area contributed by atoms with E-state index in [-0.39, 0.29) is 11.4 Å². The summed E-state index contributed by atoms with van der Waals surface area (Å²) in [7, 11) is 0. The maximum absolute atomic E-state index is 12.3. The molecule has 0 spiro atoms. The number of nitrogens with two attached hydrogens (primary N) is 1. The first kappa shape index (κ1) is 13.3. The molecule has 1 amide bonds. The van der Waals surface area contributed by atoms with Crippen LogP contribution in [0, 0.1) is 5.92 Å². The highest BCUT2D eigenvalue weighted by Gasteiger charge is 2.41. The molecule has 2 aromatic rings. The van der Waals surface area contributed by atoms with Crippen molar-refractivity contribution < 1.29 is 9.21 Å². The lowest BCUT2D eigenvalue weighted by molar-refractivity contribution is 0.0893. The van der Waals surface area contributed by atoms with Gasteiger partial charge in [-0.1, -0.05) is 0 Å². The van der Waals surface area contributed by atoms with Gasteiger partial charge >= 0.3 is 0 Å². The number of nitrogens with zero attached hydrogens (tertiary/aromatic N) is 1. The van der Waals surface area contributed by atoms with E-state index in [1.165, 1.54) is 11.3 Å². The molecule has 6 heteroatoms. The molecule has 0 aromatic carbocycles. The molecule has 106 valence electrons. The van der Waals surface area contributed by atoms with Crippen molar-refractivity contribution in [3.63, 3.8) is 0 Å². The van der Waals surface area contributed by atoms with Crippen molar-refractivity contribution >= 4 is 17.2 Å². The summed E-state index contributed by atoms with van der Waals surface area (Å²) in [6.07, 6.45) is 5.47. The Labute approximate surface area is 121 Å². The fourth-order valence-electron chi connectivity index (χ4n) is 2.26. The quantitative estimate of drug-likeness (QED) is 0.885. The van der Waals surface area contributed by atoms with Crippen LogP contribution in [0.15, 0.2) is 28.4 Å². The fraction of sp³-hybridized carbons (Fsp3) is 0.429. The SMILES string of the molecule is CC(CN)(NC(=O)c1csc(-c2ccoc2)n1)C1CC1. The van der Waals surface area contributed by atoms with E-state index < -0.39 is 0 Å². The van der Waals surface area contributed by atoms with Gasteiger partial charge in [0.1, 0.15) is 17.0 Å². The Kier molecular flexibility index (Phi) is 3.35. The van der Waals surface area contributed by atoms with Crippen molar-refractivity contribution in [3.05, 3.63) is 29.7 Å². The highest BCUT2D eigenvalue weighted by Crippen LogP contribution is 2.39. The van der Waals surface area contributed by atoms with E-state index in [9.17, 15) is 4.79 Å². The number of hydrogen-bond acceptors (Lipinski definition) is 5. The lowest BCUT2D eigenvalue weighted by Gasteiger charge is -2.29. The monoisotopic (exact) mass is 291 g/mol. The van der Waals surface area contributed by atoms with Crippen molar-refractivity contribution in [2.75, 3.05) is 6.54 Å². The van der Waals surface area contributed by atoms with Gasteiger partial charge in [0.25, 0.3) is 5.91 Å². The van der Waals surface area contributed by atoms with Crippen LogP contribution in [-0.2, 0) is 0 Å². The maximum atomic E-state index is 12.3. The average molecular weight is 291 g/mol. The molecule has 1 fully saturated rings. The minimum absolute atomic E-state index is 0.157. The van der Waals surface area contributed by atoms with Crippen molar-refractivity contribution in [3.8, 4) is 10.6 Å². The second-order valence-corrected chi connectivity index (χ2v) is 6.26. The molecular formula is C14H17N3O2S. The van der Waals surface area contributed by atoms with E-state index >= 15 is 0 Å². The Morgan fingerprint density at radius 2 is 2.45 bits per heavy atom. The van der Waals surface area contributed by atoms with Gasteiger partial charge in [-0.2, -0.15) is 0 Å². The Morgan fingerprint density at radius 3 is 3.05 bits per heavy atom. The molecule has 1 atom stereocenters. The number of carbonyl (C=O) groups is 1. The smallest absolute Gasteiger partial charge is 0.271 e. The third-order valence-electron chi connectivity index (χ3n) is 3.81. The number of thiazole rings is 1. The van der Waals surface area contributed by atoms with Crippen LogP contribution in [0.3, 0.4) is 0 Å². The van der Waals surface area contributed by atoms with Gasteiger partial charge in [0.15, 0.2) is 0 Å². The van der Waals surface area contributed by atoms with Crippen LogP contribution in [0.4, 0.5) is 0 Å². The average Bonchev–Trinajstić information content (AvgIpc) is 2.97. The lowest BCUT2D eigenvalue weighted by Crippen LogP contribution is -2.53. The van der Waals surface area contributed by atoms with E-state index in [1.54, 1.807) is 17.9 Å². The summed E-state index contributed by atoms with van der Waals surface area (Å²) in [6.45, 7) is 2.45. The minimum Gasteiger partial charge on any atom is -0.472 e. The van der Waals surface area contributed by atoms with Crippen LogP contribution in [0.1, 0.15) is 30.3 Å². The van der Waals surface area contributed by atoms with Crippen molar-refractivity contribution in [1.82, 2.24) is 10.3 Å². The number of nitrogens with one attached hydrogen (secondary N) is 1. The molecule has 2 heterocycles. The van der Waals surface area contributed by atoms with Gasteiger partial charge in [0.05, 0.1) is 11.8 Å². The Balaban J connectivity index is 1.74. The summed E-state index contributed by atoms with van der Waals surface area (Å²) < 4.78 is 5.03. The molecule has 0 aliphatic heterocycles. The van der Waals surface area contributed by atoms with Crippen LogP contribution in [-0.4, -0.2) is 23.0 Å². The molecule has 1 saturated carbocycles. The highest BCUT2D eigenvalue weighted by atomic mass is 32.1. The molecule has 5 nitrogen and oxygen atoms in total. The summed E-state index contributed by atoms with van der Waals surface area (Å²) in [5.41, 5.74) is 6.81. The van der Waals surface area contributed by atoms with E-state index in [1.807, 2.05) is 13.0 Å². The van der Waals surface area contributed by atoms with Gasteiger partial charge in [-0.3, -0.25) is 4.79 Å². The van der Waals surface area contributed by atoms with E-state index in [0.29, 0.717) is 18.2 Å². The predicted octanol–water partition coefficient (Wildman–Crippen LogP) is 2.26. The molecule has 0 saturated heterocycles. The standard InChI is InChI=1S/C14H17N3O2S/c1-14(8-15,10-2-3-10)17-12(18)11-7-20-13(16-11)9-4-5-19-6-9/h4-7,10H,2-3,8,15H2,1H3,(H,17,18). The van der Waals surface area contributed by atoms with E-state index in [2.05, 4.69) is 10.3 Å². The molecule has 1 aliphatic carbocycles. The second-order valence-electron chi connectivity index (χ2n) is 5.40. The molecule has 3 N–H and O–H groups in total. The second kappa shape index (κ2) is 5.03. The van der Waals surface area contributed by atoms with E-state index in [4.69, 9.17) is 10.2 Å². The number of amides is 1. The Morgan fingerprint density at radius 1 is 1.65 bits per heavy atom. The van der Waals surface area contributed by atoms with Crippen LogP contribution in [0.2, 0.25) is 0 Å². The zero-order chi connectivity index (χ0) is 14.2. The number of rotatable bonds is 5. The molecule has 20 heavy (non-hydrogen) atoms. The number of aromatic nitrogens is 1. The van der Waals surface area contributed by atoms with Gasteiger partial charge in [-0.05, 0) is 31.7 Å². The first-order valence-corrected chi connectivity index (χ1v) is 7.51. The van der Waals surface area contributed by atoms with Crippen molar-refractivity contribution in [1.29, 1.82) is 0 Å². The van der Waals surface area contributed by atoms with Crippen LogP contribution >= 0.6 is 11.3 Å². The van der Waals surface area contributed by atoms with Crippen molar-refractivity contribution in [2.45, 2.75) is 25.3 Å². The molecule has 1 aliphatic rings. The lowest BCUT2D eigenvalue weighted by atomic mass is 9.96. The first-order valence-electron chi connectivity index (χ1n) is 6.63. The first-order chi connectivity index (χ1) is 9.62. The number of hydrogen-bond donors (Lipinski definition) is 2. The molecule has 2 aromatic heterocycles.